The van der Waals surface area contributed by atoms with Gasteiger partial charge in [-0.2, -0.15) is 0 Å². The van der Waals surface area contributed by atoms with Crippen molar-refractivity contribution in [2.75, 3.05) is 0 Å². The molecule has 0 radical (unpaired) electrons. The maximum absolute atomic E-state index is 13.1. The highest BCUT2D eigenvalue weighted by Gasteiger charge is 2.40. The van der Waals surface area contributed by atoms with Crippen molar-refractivity contribution in [2.45, 2.75) is 18.9 Å². The van der Waals surface area contributed by atoms with Gasteiger partial charge in [-0.3, -0.25) is 14.5 Å². The quantitative estimate of drug-likeness (QED) is 0.655. The summed E-state index contributed by atoms with van der Waals surface area (Å²) in [6.07, 6.45) is 1.04. The van der Waals surface area contributed by atoms with Crippen molar-refractivity contribution in [1.29, 1.82) is 0 Å². The largest absolute Gasteiger partial charge is 0.478 e. The highest BCUT2D eigenvalue weighted by Crippen LogP contribution is 2.28. The Balaban J connectivity index is 1.70. The zero-order chi connectivity index (χ0) is 20.4. The average molecular weight is 385 g/mol. The summed E-state index contributed by atoms with van der Waals surface area (Å²) in [5.74, 6) is -1.94. The number of aromatic carboxylic acids is 1. The number of fused-ring (bicyclic) bond motifs is 1. The van der Waals surface area contributed by atoms with Gasteiger partial charge in [0, 0.05) is 6.04 Å². The van der Waals surface area contributed by atoms with E-state index in [4.69, 9.17) is 0 Å². The number of carbonyl (C=O) groups is 3. The smallest absolute Gasteiger partial charge is 0.335 e. The van der Waals surface area contributed by atoms with Crippen molar-refractivity contribution in [3.63, 3.8) is 0 Å². The van der Waals surface area contributed by atoms with Crippen LogP contribution in [0.1, 0.15) is 42.2 Å². The van der Waals surface area contributed by atoms with Gasteiger partial charge in [-0.1, -0.05) is 60.7 Å². The molecule has 4 rings (SSSR count). The molecule has 5 nitrogen and oxygen atoms in total. The van der Waals surface area contributed by atoms with Crippen LogP contribution < -0.4 is 0 Å². The minimum atomic E-state index is -1.13. The first-order valence-electron chi connectivity index (χ1n) is 9.37. The zero-order valence-electron chi connectivity index (χ0n) is 15.6. The average Bonchev–Trinajstić information content (AvgIpc) is 2.99. The topological polar surface area (TPSA) is 74.7 Å². The summed E-state index contributed by atoms with van der Waals surface area (Å²) in [5, 5.41) is 9.22. The van der Waals surface area contributed by atoms with Gasteiger partial charge in [0.05, 0.1) is 16.7 Å². The molecule has 3 aromatic carbocycles. The number of nitrogens with zero attached hydrogens (tertiary/aromatic N) is 1. The van der Waals surface area contributed by atoms with E-state index in [-0.39, 0.29) is 28.6 Å². The lowest BCUT2D eigenvalue weighted by Gasteiger charge is -2.26. The van der Waals surface area contributed by atoms with E-state index in [1.54, 1.807) is 0 Å². The molecule has 0 aromatic heterocycles. The standard InChI is InChI=1S/C24H19NO4/c26-22-20-12-11-18(24(28)29)15-21(20)23(27)25(22)19(13-16-7-3-1-4-8-16)14-17-9-5-2-6-10-17/h1-12,15,19H,13-14H2,(H,28,29). The molecule has 2 amide bonds. The van der Waals surface area contributed by atoms with Crippen LogP contribution in [0.5, 0.6) is 0 Å². The number of benzene rings is 3. The molecule has 0 fully saturated rings. The number of hydrogen-bond acceptors (Lipinski definition) is 3. The molecule has 1 heterocycles. The summed E-state index contributed by atoms with van der Waals surface area (Å²) in [5.41, 5.74) is 2.45. The van der Waals surface area contributed by atoms with Gasteiger partial charge in [0.25, 0.3) is 11.8 Å². The molecular weight excluding hydrogens is 366 g/mol. The molecule has 144 valence electrons. The minimum Gasteiger partial charge on any atom is -0.478 e. The Kier molecular flexibility index (Phi) is 4.96. The number of hydrogen-bond donors (Lipinski definition) is 1. The summed E-state index contributed by atoms with van der Waals surface area (Å²) in [7, 11) is 0. The van der Waals surface area contributed by atoms with E-state index in [0.29, 0.717) is 12.8 Å². The van der Waals surface area contributed by atoms with Crippen LogP contribution in [0.3, 0.4) is 0 Å². The van der Waals surface area contributed by atoms with Crippen molar-refractivity contribution in [3.8, 4) is 0 Å². The van der Waals surface area contributed by atoms with Crippen molar-refractivity contribution >= 4 is 17.8 Å². The third-order valence-electron chi connectivity index (χ3n) is 5.16. The summed E-state index contributed by atoms with van der Waals surface area (Å²) >= 11 is 0. The van der Waals surface area contributed by atoms with Crippen LogP contribution in [0, 0.1) is 0 Å². The molecule has 0 spiro atoms. The van der Waals surface area contributed by atoms with Crippen LogP contribution in [-0.4, -0.2) is 33.8 Å². The lowest BCUT2D eigenvalue weighted by Crippen LogP contribution is -2.42. The summed E-state index contributed by atoms with van der Waals surface area (Å²) in [6.45, 7) is 0. The lowest BCUT2D eigenvalue weighted by atomic mass is 9.97. The van der Waals surface area contributed by atoms with Gasteiger partial charge in [-0.25, -0.2) is 4.79 Å². The van der Waals surface area contributed by atoms with E-state index in [1.807, 2.05) is 60.7 Å². The van der Waals surface area contributed by atoms with Crippen LogP contribution >= 0.6 is 0 Å². The number of rotatable bonds is 6. The Morgan fingerprint density at radius 2 is 1.28 bits per heavy atom. The van der Waals surface area contributed by atoms with E-state index < -0.39 is 11.9 Å². The Labute approximate surface area is 168 Å². The SMILES string of the molecule is O=C(O)c1ccc2c(c1)C(=O)N(C(Cc1ccccc1)Cc1ccccc1)C2=O. The Hall–Kier alpha value is -3.73. The van der Waals surface area contributed by atoms with Crippen LogP contribution in [0.2, 0.25) is 0 Å². The Morgan fingerprint density at radius 3 is 1.79 bits per heavy atom. The molecule has 1 N–H and O–H groups in total. The summed E-state index contributed by atoms with van der Waals surface area (Å²) in [6, 6.07) is 23.1. The van der Waals surface area contributed by atoms with Crippen molar-refractivity contribution in [3.05, 3.63) is 107 Å². The summed E-state index contributed by atoms with van der Waals surface area (Å²) < 4.78 is 0. The van der Waals surface area contributed by atoms with Crippen LogP contribution in [-0.2, 0) is 12.8 Å². The highest BCUT2D eigenvalue weighted by atomic mass is 16.4. The fraction of sp³-hybridized carbons (Fsp3) is 0.125. The maximum Gasteiger partial charge on any atom is 0.335 e. The van der Waals surface area contributed by atoms with Crippen molar-refractivity contribution in [1.82, 2.24) is 4.90 Å². The van der Waals surface area contributed by atoms with Gasteiger partial charge in [0.1, 0.15) is 0 Å². The van der Waals surface area contributed by atoms with Crippen LogP contribution in [0.15, 0.2) is 78.9 Å². The van der Waals surface area contributed by atoms with E-state index in [2.05, 4.69) is 0 Å². The lowest BCUT2D eigenvalue weighted by molar-refractivity contribution is 0.0582. The van der Waals surface area contributed by atoms with Gasteiger partial charge in [0.2, 0.25) is 0 Å². The highest BCUT2D eigenvalue weighted by molar-refractivity contribution is 6.22. The zero-order valence-corrected chi connectivity index (χ0v) is 15.6. The predicted octanol–water partition coefficient (Wildman–Crippen LogP) is 3.83. The number of carboxylic acids is 1. The molecule has 29 heavy (non-hydrogen) atoms. The van der Waals surface area contributed by atoms with Crippen molar-refractivity contribution < 1.29 is 19.5 Å². The van der Waals surface area contributed by atoms with Gasteiger partial charge < -0.3 is 5.11 Å². The predicted molar refractivity (Wildman–Crippen MR) is 108 cm³/mol. The molecule has 3 aromatic rings. The van der Waals surface area contributed by atoms with E-state index in [1.165, 1.54) is 23.1 Å². The van der Waals surface area contributed by atoms with Gasteiger partial charge in [-0.15, -0.1) is 0 Å². The first kappa shape index (κ1) is 18.6. The Bertz CT molecular complexity index is 1040. The third kappa shape index (κ3) is 3.67. The first-order chi connectivity index (χ1) is 14.0. The minimum absolute atomic E-state index is 0.00517. The number of carboxylic acid groups (broad SMARTS) is 1. The molecule has 0 bridgehead atoms. The van der Waals surface area contributed by atoms with Crippen LogP contribution in [0.25, 0.3) is 0 Å². The van der Waals surface area contributed by atoms with Gasteiger partial charge >= 0.3 is 5.97 Å². The second kappa shape index (κ2) is 7.72. The van der Waals surface area contributed by atoms with Gasteiger partial charge in [-0.05, 0) is 42.2 Å². The number of imide groups is 1. The molecule has 0 atom stereocenters. The fourth-order valence-electron chi connectivity index (χ4n) is 3.75. The second-order valence-electron chi connectivity index (χ2n) is 7.08. The Morgan fingerprint density at radius 1 is 0.759 bits per heavy atom. The summed E-state index contributed by atoms with van der Waals surface area (Å²) in [4.78, 5) is 38.7. The normalized spacial score (nSPS) is 13.1. The molecule has 0 aliphatic carbocycles. The second-order valence-corrected chi connectivity index (χ2v) is 7.08. The maximum atomic E-state index is 13.1. The van der Waals surface area contributed by atoms with E-state index in [9.17, 15) is 19.5 Å². The van der Waals surface area contributed by atoms with E-state index >= 15 is 0 Å². The van der Waals surface area contributed by atoms with Gasteiger partial charge in [0.15, 0.2) is 0 Å². The molecular formula is C24H19NO4. The molecule has 0 unspecified atom stereocenters. The van der Waals surface area contributed by atoms with Crippen molar-refractivity contribution in [2.24, 2.45) is 0 Å². The molecule has 5 heteroatoms. The third-order valence-corrected chi connectivity index (χ3v) is 5.16. The molecule has 1 aliphatic heterocycles. The van der Waals surface area contributed by atoms with Crippen LogP contribution in [0.4, 0.5) is 0 Å². The molecule has 1 aliphatic rings. The fourth-order valence-corrected chi connectivity index (χ4v) is 3.75. The molecule has 0 saturated heterocycles. The van der Waals surface area contributed by atoms with E-state index in [0.717, 1.165) is 11.1 Å². The monoisotopic (exact) mass is 385 g/mol. The number of carbonyl (C=O) groups excluding carboxylic acids is 2. The first-order valence-corrected chi connectivity index (χ1v) is 9.37. The number of amides is 2. The molecule has 0 saturated carbocycles.